The second-order valence-corrected chi connectivity index (χ2v) is 3.85. The summed E-state index contributed by atoms with van der Waals surface area (Å²) >= 11 is 0. The second kappa shape index (κ2) is 4.89. The fourth-order valence-corrected chi connectivity index (χ4v) is 1.65. The Labute approximate surface area is 86.7 Å². The molecule has 0 aliphatic heterocycles. The first kappa shape index (κ1) is 10.9. The van der Waals surface area contributed by atoms with E-state index in [9.17, 15) is 0 Å². The van der Waals surface area contributed by atoms with Crippen LogP contribution in [0, 0.1) is 0 Å². The zero-order valence-electron chi connectivity index (χ0n) is 9.33. The lowest BCUT2D eigenvalue weighted by Crippen LogP contribution is -2.31. The quantitative estimate of drug-likeness (QED) is 0.743. The van der Waals surface area contributed by atoms with Gasteiger partial charge in [-0.2, -0.15) is 0 Å². The van der Waals surface area contributed by atoms with Crippen molar-refractivity contribution in [3.63, 3.8) is 0 Å². The van der Waals surface area contributed by atoms with E-state index >= 15 is 0 Å². The summed E-state index contributed by atoms with van der Waals surface area (Å²) in [7, 11) is 0. The number of nitrogens with zero attached hydrogens (tertiary/aromatic N) is 1. The molecule has 0 fully saturated rings. The van der Waals surface area contributed by atoms with E-state index in [0.29, 0.717) is 6.04 Å². The summed E-state index contributed by atoms with van der Waals surface area (Å²) in [6, 6.07) is 8.56. The van der Waals surface area contributed by atoms with Crippen LogP contribution in [0.1, 0.15) is 27.2 Å². The number of rotatable bonds is 4. The molecule has 0 amide bonds. The van der Waals surface area contributed by atoms with Crippen molar-refractivity contribution in [2.75, 3.05) is 17.2 Å². The molecule has 0 bridgehead atoms. The normalized spacial score (nSPS) is 10.6. The van der Waals surface area contributed by atoms with Gasteiger partial charge in [0, 0.05) is 12.6 Å². The van der Waals surface area contributed by atoms with E-state index in [0.717, 1.165) is 24.3 Å². The number of nitrogen functional groups attached to an aromatic ring is 1. The summed E-state index contributed by atoms with van der Waals surface area (Å²) < 4.78 is 0. The van der Waals surface area contributed by atoms with Gasteiger partial charge in [0.2, 0.25) is 0 Å². The van der Waals surface area contributed by atoms with Gasteiger partial charge in [-0.25, -0.2) is 0 Å². The molecule has 0 aromatic heterocycles. The summed E-state index contributed by atoms with van der Waals surface area (Å²) in [5.74, 6) is 0. The molecule has 2 heteroatoms. The van der Waals surface area contributed by atoms with E-state index in [1.165, 1.54) is 0 Å². The van der Waals surface area contributed by atoms with Gasteiger partial charge in [-0.05, 0) is 32.4 Å². The average Bonchev–Trinajstić information content (AvgIpc) is 2.15. The Morgan fingerprint density at radius 3 is 2.43 bits per heavy atom. The predicted octanol–water partition coefficient (Wildman–Crippen LogP) is 2.89. The maximum Gasteiger partial charge on any atom is 0.0602 e. The van der Waals surface area contributed by atoms with Crippen molar-refractivity contribution in [2.45, 2.75) is 33.2 Å². The third-order valence-electron chi connectivity index (χ3n) is 2.33. The molecule has 0 aliphatic rings. The number of anilines is 2. The molecular formula is C12H20N2. The van der Waals surface area contributed by atoms with Crippen molar-refractivity contribution in [3.05, 3.63) is 24.3 Å². The van der Waals surface area contributed by atoms with Gasteiger partial charge in [0.1, 0.15) is 0 Å². The van der Waals surface area contributed by atoms with E-state index in [-0.39, 0.29) is 0 Å². The lowest BCUT2D eigenvalue weighted by Gasteiger charge is -2.29. The van der Waals surface area contributed by atoms with E-state index < -0.39 is 0 Å². The fraction of sp³-hybridized carbons (Fsp3) is 0.500. The minimum atomic E-state index is 0.500. The summed E-state index contributed by atoms with van der Waals surface area (Å²) in [5.41, 5.74) is 7.97. The van der Waals surface area contributed by atoms with Gasteiger partial charge in [0.25, 0.3) is 0 Å². The zero-order valence-corrected chi connectivity index (χ0v) is 9.33. The van der Waals surface area contributed by atoms with Crippen LogP contribution in [-0.2, 0) is 0 Å². The summed E-state index contributed by atoms with van der Waals surface area (Å²) in [5, 5.41) is 0. The van der Waals surface area contributed by atoms with Gasteiger partial charge in [0.15, 0.2) is 0 Å². The molecule has 2 N–H and O–H groups in total. The van der Waals surface area contributed by atoms with E-state index in [1.54, 1.807) is 0 Å². The Balaban J connectivity index is 2.93. The molecule has 78 valence electrons. The van der Waals surface area contributed by atoms with Gasteiger partial charge in [-0.3, -0.25) is 0 Å². The van der Waals surface area contributed by atoms with Crippen LogP contribution < -0.4 is 10.6 Å². The zero-order chi connectivity index (χ0) is 10.6. The molecule has 0 saturated heterocycles. The largest absolute Gasteiger partial charge is 0.397 e. The third-order valence-corrected chi connectivity index (χ3v) is 2.33. The topological polar surface area (TPSA) is 29.3 Å². The molecule has 0 aliphatic carbocycles. The van der Waals surface area contributed by atoms with Crippen molar-refractivity contribution in [2.24, 2.45) is 0 Å². The van der Waals surface area contributed by atoms with E-state index in [1.807, 2.05) is 18.2 Å². The first-order valence-corrected chi connectivity index (χ1v) is 5.28. The minimum Gasteiger partial charge on any atom is -0.397 e. The molecule has 14 heavy (non-hydrogen) atoms. The Morgan fingerprint density at radius 2 is 1.93 bits per heavy atom. The fourth-order valence-electron chi connectivity index (χ4n) is 1.65. The van der Waals surface area contributed by atoms with Crippen molar-refractivity contribution in [1.29, 1.82) is 0 Å². The smallest absolute Gasteiger partial charge is 0.0602 e. The van der Waals surface area contributed by atoms with Gasteiger partial charge < -0.3 is 10.6 Å². The predicted molar refractivity (Wildman–Crippen MR) is 63.6 cm³/mol. The Hall–Kier alpha value is -1.18. The molecule has 1 aromatic carbocycles. The van der Waals surface area contributed by atoms with Gasteiger partial charge in [-0.1, -0.05) is 19.1 Å². The highest BCUT2D eigenvalue weighted by Gasteiger charge is 2.11. The van der Waals surface area contributed by atoms with Crippen molar-refractivity contribution >= 4 is 11.4 Å². The monoisotopic (exact) mass is 192 g/mol. The lowest BCUT2D eigenvalue weighted by atomic mass is 10.2. The van der Waals surface area contributed by atoms with Crippen LogP contribution in [0.4, 0.5) is 11.4 Å². The van der Waals surface area contributed by atoms with Crippen molar-refractivity contribution in [1.82, 2.24) is 0 Å². The standard InChI is InChI=1S/C12H20N2/c1-4-9-14(10(2)3)12-8-6-5-7-11(12)13/h5-8,10H,4,9,13H2,1-3H3. The van der Waals surface area contributed by atoms with Crippen molar-refractivity contribution < 1.29 is 0 Å². The highest BCUT2D eigenvalue weighted by molar-refractivity contribution is 5.67. The minimum absolute atomic E-state index is 0.500. The van der Waals surface area contributed by atoms with Gasteiger partial charge >= 0.3 is 0 Å². The van der Waals surface area contributed by atoms with Crippen molar-refractivity contribution in [3.8, 4) is 0 Å². The summed E-state index contributed by atoms with van der Waals surface area (Å²) in [6.07, 6.45) is 1.15. The Kier molecular flexibility index (Phi) is 3.81. The maximum absolute atomic E-state index is 5.95. The van der Waals surface area contributed by atoms with E-state index in [4.69, 9.17) is 5.73 Å². The van der Waals surface area contributed by atoms with E-state index in [2.05, 4.69) is 31.7 Å². The SMILES string of the molecule is CCCN(c1ccccc1N)C(C)C. The number of nitrogens with two attached hydrogens (primary N) is 1. The molecule has 0 saturated carbocycles. The number of para-hydroxylation sites is 2. The Bertz CT molecular complexity index is 281. The molecular weight excluding hydrogens is 172 g/mol. The first-order chi connectivity index (χ1) is 6.66. The first-order valence-electron chi connectivity index (χ1n) is 5.28. The number of hydrogen-bond donors (Lipinski definition) is 1. The average molecular weight is 192 g/mol. The number of benzene rings is 1. The maximum atomic E-state index is 5.95. The molecule has 0 heterocycles. The van der Waals surface area contributed by atoms with Gasteiger partial charge in [-0.15, -0.1) is 0 Å². The molecule has 2 nitrogen and oxygen atoms in total. The lowest BCUT2D eigenvalue weighted by molar-refractivity contribution is 0.672. The van der Waals surface area contributed by atoms with Crippen LogP contribution in [0.2, 0.25) is 0 Å². The molecule has 0 atom stereocenters. The summed E-state index contributed by atoms with van der Waals surface area (Å²) in [6.45, 7) is 7.64. The molecule has 0 spiro atoms. The number of hydrogen-bond acceptors (Lipinski definition) is 2. The van der Waals surface area contributed by atoms with Crippen LogP contribution in [0.5, 0.6) is 0 Å². The summed E-state index contributed by atoms with van der Waals surface area (Å²) in [4.78, 5) is 2.34. The molecule has 0 radical (unpaired) electrons. The molecule has 1 rings (SSSR count). The van der Waals surface area contributed by atoms with Crippen LogP contribution in [0.15, 0.2) is 24.3 Å². The van der Waals surface area contributed by atoms with Crippen LogP contribution in [-0.4, -0.2) is 12.6 Å². The molecule has 0 unspecified atom stereocenters. The highest BCUT2D eigenvalue weighted by atomic mass is 15.2. The molecule has 1 aromatic rings. The Morgan fingerprint density at radius 1 is 1.29 bits per heavy atom. The van der Waals surface area contributed by atoms with Crippen LogP contribution >= 0.6 is 0 Å². The van der Waals surface area contributed by atoms with Crippen LogP contribution in [0.3, 0.4) is 0 Å². The second-order valence-electron chi connectivity index (χ2n) is 3.85. The van der Waals surface area contributed by atoms with Crippen LogP contribution in [0.25, 0.3) is 0 Å². The third kappa shape index (κ3) is 2.41. The van der Waals surface area contributed by atoms with Gasteiger partial charge in [0.05, 0.1) is 11.4 Å². The highest BCUT2D eigenvalue weighted by Crippen LogP contribution is 2.24.